The van der Waals surface area contributed by atoms with Gasteiger partial charge in [-0.05, 0) is 76.1 Å². The minimum absolute atomic E-state index is 0. The van der Waals surface area contributed by atoms with Gasteiger partial charge in [0.2, 0.25) is 0 Å². The third kappa shape index (κ3) is 7.37. The molecular formula is C21H38IN5S. The summed E-state index contributed by atoms with van der Waals surface area (Å²) in [6.07, 6.45) is 8.99. The SMILES string of the molecule is CN=C(NCCCCN1CCCCC1C)NC1CCN(c2cccs2)CC1.I. The van der Waals surface area contributed by atoms with Crippen LogP contribution in [0.2, 0.25) is 0 Å². The number of hydrogen-bond acceptors (Lipinski definition) is 4. The number of halogens is 1. The fourth-order valence-corrected chi connectivity index (χ4v) is 5.00. The zero-order valence-electron chi connectivity index (χ0n) is 17.5. The number of unbranched alkanes of at least 4 members (excludes halogenated alkanes) is 1. The molecule has 2 aliphatic heterocycles. The highest BCUT2D eigenvalue weighted by Gasteiger charge is 2.21. The van der Waals surface area contributed by atoms with Gasteiger partial charge < -0.3 is 20.4 Å². The van der Waals surface area contributed by atoms with Crippen LogP contribution in [0, 0.1) is 0 Å². The van der Waals surface area contributed by atoms with Crippen molar-refractivity contribution in [3.05, 3.63) is 17.5 Å². The van der Waals surface area contributed by atoms with Gasteiger partial charge in [-0.2, -0.15) is 0 Å². The number of likely N-dealkylation sites (tertiary alicyclic amines) is 1. The Kier molecular flexibility index (Phi) is 10.9. The molecule has 3 rings (SSSR count). The number of nitrogens with zero attached hydrogens (tertiary/aromatic N) is 3. The number of rotatable bonds is 7. The van der Waals surface area contributed by atoms with Gasteiger partial charge in [0.05, 0.1) is 5.00 Å². The summed E-state index contributed by atoms with van der Waals surface area (Å²) in [5.41, 5.74) is 0. The van der Waals surface area contributed by atoms with Crippen LogP contribution in [0.5, 0.6) is 0 Å². The molecule has 7 heteroatoms. The number of nitrogens with one attached hydrogen (secondary N) is 2. The van der Waals surface area contributed by atoms with Crippen LogP contribution in [0.4, 0.5) is 5.00 Å². The second-order valence-electron chi connectivity index (χ2n) is 7.94. The van der Waals surface area contributed by atoms with Crippen molar-refractivity contribution >= 4 is 46.3 Å². The number of thiophene rings is 1. The lowest BCUT2D eigenvalue weighted by Gasteiger charge is -2.34. The predicted octanol–water partition coefficient (Wildman–Crippen LogP) is 4.15. The molecule has 0 saturated carbocycles. The van der Waals surface area contributed by atoms with E-state index in [1.54, 1.807) is 0 Å². The van der Waals surface area contributed by atoms with Crippen LogP contribution >= 0.6 is 35.3 Å². The Hall–Kier alpha value is -0.540. The molecule has 5 nitrogen and oxygen atoms in total. The van der Waals surface area contributed by atoms with E-state index in [1.807, 2.05) is 18.4 Å². The number of piperidine rings is 2. The summed E-state index contributed by atoms with van der Waals surface area (Å²) in [4.78, 5) is 9.59. The van der Waals surface area contributed by atoms with E-state index >= 15 is 0 Å². The second kappa shape index (κ2) is 12.9. The summed E-state index contributed by atoms with van der Waals surface area (Å²) in [6, 6.07) is 5.67. The summed E-state index contributed by atoms with van der Waals surface area (Å²) in [5, 5.41) is 10.7. The molecule has 0 aliphatic carbocycles. The Bertz CT molecular complexity index is 557. The van der Waals surface area contributed by atoms with Crippen LogP contribution in [-0.4, -0.2) is 62.7 Å². The Labute approximate surface area is 192 Å². The van der Waals surface area contributed by atoms with Crippen LogP contribution in [0.3, 0.4) is 0 Å². The molecule has 0 radical (unpaired) electrons. The highest BCUT2D eigenvalue weighted by molar-refractivity contribution is 14.0. The summed E-state index contributed by atoms with van der Waals surface area (Å²) < 4.78 is 0. The van der Waals surface area contributed by atoms with Crippen molar-refractivity contribution in [1.29, 1.82) is 0 Å². The van der Waals surface area contributed by atoms with Crippen molar-refractivity contribution in [2.24, 2.45) is 4.99 Å². The topological polar surface area (TPSA) is 42.9 Å². The predicted molar refractivity (Wildman–Crippen MR) is 134 cm³/mol. The summed E-state index contributed by atoms with van der Waals surface area (Å²) in [6.45, 7) is 8.19. The highest BCUT2D eigenvalue weighted by Crippen LogP contribution is 2.24. The average Bonchev–Trinajstić information content (AvgIpc) is 3.23. The molecule has 1 atom stereocenters. The Morgan fingerprint density at radius 2 is 2.00 bits per heavy atom. The van der Waals surface area contributed by atoms with E-state index in [1.165, 1.54) is 63.0 Å². The van der Waals surface area contributed by atoms with Crippen molar-refractivity contribution in [2.75, 3.05) is 44.7 Å². The van der Waals surface area contributed by atoms with Gasteiger partial charge in [-0.3, -0.25) is 4.99 Å². The molecule has 2 aliphatic rings. The standard InChI is InChI=1S/C21H37N5S.HI/c1-18-8-3-5-13-25(18)14-6-4-12-23-21(22-2)24-19-10-15-26(16-11-19)20-9-7-17-27-20;/h7,9,17-19H,3-6,8,10-16H2,1-2H3,(H2,22,23,24);1H. The zero-order valence-corrected chi connectivity index (χ0v) is 20.7. The molecule has 2 saturated heterocycles. The van der Waals surface area contributed by atoms with Gasteiger partial charge in [0.1, 0.15) is 0 Å². The van der Waals surface area contributed by atoms with E-state index in [-0.39, 0.29) is 24.0 Å². The normalized spacial score (nSPS) is 22.0. The molecule has 3 heterocycles. The second-order valence-corrected chi connectivity index (χ2v) is 8.87. The molecule has 0 amide bonds. The van der Waals surface area contributed by atoms with Gasteiger partial charge in [-0.25, -0.2) is 0 Å². The van der Waals surface area contributed by atoms with E-state index in [0.29, 0.717) is 6.04 Å². The Morgan fingerprint density at radius 3 is 2.68 bits per heavy atom. The number of aliphatic imine (C=N–C) groups is 1. The van der Waals surface area contributed by atoms with Gasteiger partial charge in [0.25, 0.3) is 0 Å². The minimum atomic E-state index is 0. The highest BCUT2D eigenvalue weighted by atomic mass is 127. The third-order valence-corrected chi connectivity index (χ3v) is 6.91. The zero-order chi connectivity index (χ0) is 18.9. The fourth-order valence-electron chi connectivity index (χ4n) is 4.22. The van der Waals surface area contributed by atoms with E-state index in [0.717, 1.165) is 31.6 Å². The van der Waals surface area contributed by atoms with Crippen molar-refractivity contribution in [3.8, 4) is 0 Å². The maximum Gasteiger partial charge on any atom is 0.191 e. The van der Waals surface area contributed by atoms with E-state index in [2.05, 4.69) is 49.9 Å². The molecule has 0 bridgehead atoms. The van der Waals surface area contributed by atoms with Crippen LogP contribution in [0.1, 0.15) is 51.9 Å². The maximum absolute atomic E-state index is 4.42. The lowest BCUT2D eigenvalue weighted by molar-refractivity contribution is 0.158. The molecule has 1 unspecified atom stereocenters. The molecule has 0 spiro atoms. The molecule has 28 heavy (non-hydrogen) atoms. The van der Waals surface area contributed by atoms with Gasteiger partial charge in [0, 0.05) is 38.8 Å². The molecule has 2 fully saturated rings. The van der Waals surface area contributed by atoms with Gasteiger partial charge >= 0.3 is 0 Å². The van der Waals surface area contributed by atoms with Crippen molar-refractivity contribution in [3.63, 3.8) is 0 Å². The monoisotopic (exact) mass is 519 g/mol. The first-order chi connectivity index (χ1) is 13.3. The average molecular weight is 520 g/mol. The van der Waals surface area contributed by atoms with Crippen LogP contribution < -0.4 is 15.5 Å². The Morgan fingerprint density at radius 1 is 1.18 bits per heavy atom. The fraction of sp³-hybridized carbons (Fsp3) is 0.762. The summed E-state index contributed by atoms with van der Waals surface area (Å²) >= 11 is 1.84. The Balaban J connectivity index is 0.00000280. The van der Waals surface area contributed by atoms with Crippen LogP contribution in [0.15, 0.2) is 22.5 Å². The largest absolute Gasteiger partial charge is 0.363 e. The molecule has 2 N–H and O–H groups in total. The molecule has 0 aromatic carbocycles. The van der Waals surface area contributed by atoms with Crippen LogP contribution in [-0.2, 0) is 0 Å². The van der Waals surface area contributed by atoms with Crippen molar-refractivity contribution in [1.82, 2.24) is 15.5 Å². The summed E-state index contributed by atoms with van der Waals surface area (Å²) in [7, 11) is 1.88. The van der Waals surface area contributed by atoms with Crippen LogP contribution in [0.25, 0.3) is 0 Å². The van der Waals surface area contributed by atoms with Gasteiger partial charge in [-0.1, -0.05) is 6.42 Å². The number of anilines is 1. The number of guanidine groups is 1. The van der Waals surface area contributed by atoms with Crippen molar-refractivity contribution < 1.29 is 0 Å². The maximum atomic E-state index is 4.42. The first-order valence-corrected chi connectivity index (χ1v) is 11.6. The molecule has 1 aromatic heterocycles. The summed E-state index contributed by atoms with van der Waals surface area (Å²) in [5.74, 6) is 0.968. The van der Waals surface area contributed by atoms with E-state index in [4.69, 9.17) is 0 Å². The molecule has 1 aromatic rings. The third-order valence-electron chi connectivity index (χ3n) is 5.98. The first-order valence-electron chi connectivity index (χ1n) is 10.8. The quantitative estimate of drug-likeness (QED) is 0.246. The lowest BCUT2D eigenvalue weighted by atomic mass is 10.0. The smallest absolute Gasteiger partial charge is 0.191 e. The van der Waals surface area contributed by atoms with Gasteiger partial charge in [-0.15, -0.1) is 35.3 Å². The van der Waals surface area contributed by atoms with Gasteiger partial charge in [0.15, 0.2) is 5.96 Å². The van der Waals surface area contributed by atoms with E-state index in [9.17, 15) is 0 Å². The molecule has 160 valence electrons. The van der Waals surface area contributed by atoms with E-state index < -0.39 is 0 Å². The molecular weight excluding hydrogens is 481 g/mol. The van der Waals surface area contributed by atoms with Crippen molar-refractivity contribution in [2.45, 2.75) is 64.0 Å². The lowest BCUT2D eigenvalue weighted by Crippen LogP contribution is -2.48. The number of hydrogen-bond donors (Lipinski definition) is 2. The minimum Gasteiger partial charge on any atom is -0.363 e. The first kappa shape index (κ1) is 23.7.